The number of hydrogen-bond donors (Lipinski definition) is 1. The predicted octanol–water partition coefficient (Wildman–Crippen LogP) is 8.20. The lowest BCUT2D eigenvalue weighted by atomic mass is 10.0. The molecule has 0 saturated carbocycles. The molecule has 3 nitrogen and oxygen atoms in total. The lowest BCUT2D eigenvalue weighted by Gasteiger charge is -2.10. The summed E-state index contributed by atoms with van der Waals surface area (Å²) in [5, 5.41) is 9.82. The van der Waals surface area contributed by atoms with Gasteiger partial charge in [-0.25, -0.2) is 4.39 Å². The Morgan fingerprint density at radius 2 is 1.73 bits per heavy atom. The van der Waals surface area contributed by atoms with Crippen LogP contribution in [0, 0.1) is 5.82 Å². The van der Waals surface area contributed by atoms with Gasteiger partial charge in [0.1, 0.15) is 17.3 Å². The Balaban J connectivity index is 1.65. The summed E-state index contributed by atoms with van der Waals surface area (Å²) in [6, 6.07) is 17.9. The molecule has 0 spiro atoms. The molecule has 0 bridgehead atoms. The Labute approximate surface area is 197 Å². The van der Waals surface area contributed by atoms with Crippen molar-refractivity contribution in [2.45, 2.75) is 33.1 Å². The summed E-state index contributed by atoms with van der Waals surface area (Å²) in [6.45, 7) is 6.14. The zero-order chi connectivity index (χ0) is 23.7. The minimum absolute atomic E-state index is 0.171. The van der Waals surface area contributed by atoms with Gasteiger partial charge < -0.3 is 9.84 Å². The standard InChI is InChI=1S/C28H24ClFO3/c1-16(2)18-4-8-21(9-5-18)33-22-10-6-19(27(29)14-22)12-24-17(3)25(15-28(31)32)26-13-20(30)7-11-23(24)26/h4-14,16H,15H2,1-3H3,(H,31,32)/b24-12-. The highest BCUT2D eigenvalue weighted by atomic mass is 35.5. The van der Waals surface area contributed by atoms with Crippen LogP contribution in [-0.4, -0.2) is 11.1 Å². The number of rotatable bonds is 6. The molecule has 1 aliphatic rings. The van der Waals surface area contributed by atoms with Gasteiger partial charge in [-0.2, -0.15) is 0 Å². The third-order valence-electron chi connectivity index (χ3n) is 5.84. The first kappa shape index (κ1) is 22.8. The number of aliphatic carboxylic acids is 1. The van der Waals surface area contributed by atoms with E-state index in [0.29, 0.717) is 27.8 Å². The predicted molar refractivity (Wildman–Crippen MR) is 131 cm³/mol. The van der Waals surface area contributed by atoms with E-state index >= 15 is 0 Å². The van der Waals surface area contributed by atoms with Crippen LogP contribution in [0.25, 0.3) is 17.2 Å². The maximum Gasteiger partial charge on any atom is 0.307 e. The Morgan fingerprint density at radius 1 is 1.03 bits per heavy atom. The van der Waals surface area contributed by atoms with Crippen LogP contribution < -0.4 is 4.74 Å². The first-order valence-corrected chi connectivity index (χ1v) is 11.1. The van der Waals surface area contributed by atoms with Crippen LogP contribution in [0.2, 0.25) is 5.02 Å². The topological polar surface area (TPSA) is 46.5 Å². The Hall–Kier alpha value is -3.37. The molecule has 0 fully saturated rings. The molecule has 4 rings (SSSR count). The molecule has 0 amide bonds. The molecule has 5 heteroatoms. The van der Waals surface area contributed by atoms with Crippen LogP contribution in [0.5, 0.6) is 11.5 Å². The van der Waals surface area contributed by atoms with E-state index in [2.05, 4.69) is 13.8 Å². The van der Waals surface area contributed by atoms with Crippen molar-refractivity contribution in [2.75, 3.05) is 0 Å². The van der Waals surface area contributed by atoms with E-state index in [1.54, 1.807) is 12.1 Å². The number of carboxylic acids is 1. The van der Waals surface area contributed by atoms with Gasteiger partial charge in [-0.1, -0.05) is 43.6 Å². The minimum atomic E-state index is -0.957. The number of carboxylic acid groups (broad SMARTS) is 1. The fourth-order valence-corrected chi connectivity index (χ4v) is 4.26. The smallest absolute Gasteiger partial charge is 0.307 e. The zero-order valence-corrected chi connectivity index (χ0v) is 19.4. The number of allylic oxidation sites excluding steroid dienone is 2. The van der Waals surface area contributed by atoms with Crippen molar-refractivity contribution in [1.82, 2.24) is 0 Å². The van der Waals surface area contributed by atoms with Crippen molar-refractivity contribution in [2.24, 2.45) is 0 Å². The molecule has 3 aromatic carbocycles. The summed E-state index contributed by atoms with van der Waals surface area (Å²) in [6.07, 6.45) is 1.74. The molecule has 3 aromatic rings. The molecule has 0 heterocycles. The highest BCUT2D eigenvalue weighted by Gasteiger charge is 2.25. The number of ether oxygens (including phenoxy) is 1. The SMILES string of the molecule is CC1=C(CC(=O)O)c2cc(F)ccc2/C1=C\c1ccc(Oc2ccc(C(C)C)cc2)cc1Cl. The molecular formula is C28H24ClFO3. The Morgan fingerprint density at radius 3 is 2.36 bits per heavy atom. The number of hydrogen-bond acceptors (Lipinski definition) is 2. The largest absolute Gasteiger partial charge is 0.481 e. The van der Waals surface area contributed by atoms with E-state index in [1.807, 2.05) is 49.4 Å². The molecule has 1 aliphatic carbocycles. The van der Waals surface area contributed by atoms with Crippen LogP contribution in [-0.2, 0) is 4.79 Å². The van der Waals surface area contributed by atoms with Crippen molar-refractivity contribution in [1.29, 1.82) is 0 Å². The van der Waals surface area contributed by atoms with Crippen molar-refractivity contribution < 1.29 is 19.0 Å². The van der Waals surface area contributed by atoms with Crippen molar-refractivity contribution in [3.63, 3.8) is 0 Å². The summed E-state index contributed by atoms with van der Waals surface area (Å²) in [7, 11) is 0. The summed E-state index contributed by atoms with van der Waals surface area (Å²) in [5.74, 6) is 0.442. The van der Waals surface area contributed by atoms with Crippen molar-refractivity contribution >= 4 is 34.8 Å². The lowest BCUT2D eigenvalue weighted by molar-refractivity contribution is -0.135. The van der Waals surface area contributed by atoms with Crippen LogP contribution in [0.3, 0.4) is 0 Å². The second-order valence-electron chi connectivity index (χ2n) is 8.43. The lowest BCUT2D eigenvalue weighted by Crippen LogP contribution is -1.97. The van der Waals surface area contributed by atoms with Gasteiger partial charge in [0.2, 0.25) is 0 Å². The maximum absolute atomic E-state index is 13.9. The molecule has 0 atom stereocenters. The van der Waals surface area contributed by atoms with E-state index in [4.69, 9.17) is 16.3 Å². The number of benzene rings is 3. The molecule has 1 N–H and O–H groups in total. The quantitative estimate of drug-likeness (QED) is 0.401. The molecule has 0 aromatic heterocycles. The number of halogens is 2. The van der Waals surface area contributed by atoms with E-state index in [0.717, 1.165) is 28.0 Å². The van der Waals surface area contributed by atoms with E-state index in [-0.39, 0.29) is 6.42 Å². The fourth-order valence-electron chi connectivity index (χ4n) is 4.03. The number of carbonyl (C=O) groups is 1. The first-order chi connectivity index (χ1) is 15.7. The highest BCUT2D eigenvalue weighted by Crippen LogP contribution is 2.44. The van der Waals surface area contributed by atoms with E-state index in [1.165, 1.54) is 17.7 Å². The van der Waals surface area contributed by atoms with Crippen molar-refractivity contribution in [3.05, 3.63) is 99.3 Å². The summed E-state index contributed by atoms with van der Waals surface area (Å²) >= 11 is 6.57. The summed E-state index contributed by atoms with van der Waals surface area (Å²) in [5.41, 5.74) is 5.67. The normalized spacial score (nSPS) is 14.2. The van der Waals surface area contributed by atoms with Gasteiger partial charge in [0.05, 0.1) is 11.4 Å². The molecule has 33 heavy (non-hydrogen) atoms. The molecule has 0 aliphatic heterocycles. The third-order valence-corrected chi connectivity index (χ3v) is 6.16. The van der Waals surface area contributed by atoms with Gasteiger partial charge in [-0.3, -0.25) is 4.79 Å². The third kappa shape index (κ3) is 4.86. The maximum atomic E-state index is 13.9. The molecule has 0 unspecified atom stereocenters. The Bertz CT molecular complexity index is 1290. The summed E-state index contributed by atoms with van der Waals surface area (Å²) < 4.78 is 19.8. The highest BCUT2D eigenvalue weighted by molar-refractivity contribution is 6.32. The molecule has 0 saturated heterocycles. The molecule has 0 radical (unpaired) electrons. The minimum Gasteiger partial charge on any atom is -0.481 e. The van der Waals surface area contributed by atoms with Crippen LogP contribution in [0.15, 0.2) is 66.2 Å². The van der Waals surface area contributed by atoms with Crippen LogP contribution >= 0.6 is 11.6 Å². The fraction of sp³-hybridized carbons (Fsp3) is 0.179. The van der Waals surface area contributed by atoms with Gasteiger partial charge in [-0.15, -0.1) is 0 Å². The monoisotopic (exact) mass is 462 g/mol. The Kier molecular flexibility index (Phi) is 6.39. The number of fused-ring (bicyclic) bond motifs is 1. The van der Waals surface area contributed by atoms with Gasteiger partial charge >= 0.3 is 5.97 Å². The van der Waals surface area contributed by atoms with Gasteiger partial charge in [0.15, 0.2) is 0 Å². The van der Waals surface area contributed by atoms with Gasteiger partial charge in [0, 0.05) is 0 Å². The molecular weight excluding hydrogens is 439 g/mol. The summed E-state index contributed by atoms with van der Waals surface area (Å²) in [4.78, 5) is 11.4. The van der Waals surface area contributed by atoms with Crippen molar-refractivity contribution in [3.8, 4) is 11.5 Å². The second kappa shape index (κ2) is 9.24. The van der Waals surface area contributed by atoms with Crippen LogP contribution in [0.4, 0.5) is 4.39 Å². The van der Waals surface area contributed by atoms with E-state index in [9.17, 15) is 14.3 Å². The van der Waals surface area contributed by atoms with Gasteiger partial charge in [-0.05, 0) is 100 Å². The zero-order valence-electron chi connectivity index (χ0n) is 18.7. The second-order valence-corrected chi connectivity index (χ2v) is 8.84. The van der Waals surface area contributed by atoms with Gasteiger partial charge in [0.25, 0.3) is 0 Å². The molecule has 168 valence electrons. The first-order valence-electron chi connectivity index (χ1n) is 10.7. The van der Waals surface area contributed by atoms with E-state index < -0.39 is 11.8 Å². The van der Waals surface area contributed by atoms with Crippen LogP contribution in [0.1, 0.15) is 55.4 Å². The average molecular weight is 463 g/mol. The average Bonchev–Trinajstić information content (AvgIpc) is 3.00.